The number of nitrogens with zero attached hydrogens (tertiary/aromatic N) is 4. The first-order valence-corrected chi connectivity index (χ1v) is 8.95. The number of hydroxylamine groups is 2. The van der Waals surface area contributed by atoms with Gasteiger partial charge in [0.15, 0.2) is 12.1 Å². The smallest absolute Gasteiger partial charge is 0.176 e. The average Bonchev–Trinajstić information content (AvgIpc) is 3.29. The quantitative estimate of drug-likeness (QED) is 0.446. The molecule has 4 atom stereocenters. The molecule has 0 unspecified atom stereocenters. The molecule has 2 aromatic rings. The van der Waals surface area contributed by atoms with E-state index in [2.05, 4.69) is 16.4 Å². The molecule has 29 heavy (non-hydrogen) atoms. The second kappa shape index (κ2) is 7.78. The summed E-state index contributed by atoms with van der Waals surface area (Å²) in [5.74, 6) is 0.431. The number of aromatic nitrogens is 2. The Balaban J connectivity index is 1.49. The maximum atomic E-state index is 10.2. The Morgan fingerprint density at radius 1 is 1.34 bits per heavy atom. The van der Waals surface area contributed by atoms with E-state index >= 15 is 0 Å². The topological polar surface area (TPSA) is 160 Å². The van der Waals surface area contributed by atoms with Crippen LogP contribution in [0.3, 0.4) is 0 Å². The fourth-order valence-electron chi connectivity index (χ4n) is 3.37. The summed E-state index contributed by atoms with van der Waals surface area (Å²) in [7, 11) is 0. The summed E-state index contributed by atoms with van der Waals surface area (Å²) >= 11 is 0. The molecule has 3 heterocycles. The summed E-state index contributed by atoms with van der Waals surface area (Å²) in [6.45, 7) is -0.194. The van der Waals surface area contributed by atoms with E-state index in [-0.39, 0.29) is 24.8 Å². The minimum Gasteiger partial charge on any atom is -0.394 e. The zero-order valence-electron chi connectivity index (χ0n) is 15.3. The summed E-state index contributed by atoms with van der Waals surface area (Å²) in [5.41, 5.74) is 1.48. The molecule has 2 aliphatic heterocycles. The van der Waals surface area contributed by atoms with Crippen LogP contribution < -0.4 is 5.32 Å². The van der Waals surface area contributed by atoms with E-state index < -0.39 is 31.1 Å². The molecule has 4 rings (SSSR count). The van der Waals surface area contributed by atoms with E-state index in [0.717, 1.165) is 0 Å². The molecule has 11 nitrogen and oxygen atoms in total. The molecule has 1 aromatic heterocycles. The number of aliphatic hydroxyl groups is 3. The molecule has 152 valence electrons. The summed E-state index contributed by atoms with van der Waals surface area (Å²) in [5, 5.41) is 51.4. The van der Waals surface area contributed by atoms with Gasteiger partial charge in [0, 0.05) is 0 Å². The van der Waals surface area contributed by atoms with Crippen molar-refractivity contribution in [2.24, 2.45) is 0 Å². The van der Waals surface area contributed by atoms with Crippen LogP contribution in [0.15, 0.2) is 30.6 Å². The minimum atomic E-state index is -1.25. The van der Waals surface area contributed by atoms with Gasteiger partial charge in [-0.3, -0.25) is 14.8 Å². The lowest BCUT2D eigenvalue weighted by molar-refractivity contribution is -0.108. The summed E-state index contributed by atoms with van der Waals surface area (Å²) in [6.07, 6.45) is -2.95. The van der Waals surface area contributed by atoms with Gasteiger partial charge in [0.1, 0.15) is 43.1 Å². The summed E-state index contributed by atoms with van der Waals surface area (Å²) < 4.78 is 7.01. The highest BCUT2D eigenvalue weighted by Crippen LogP contribution is 2.34. The predicted octanol–water partition coefficient (Wildman–Crippen LogP) is -0.492. The molecule has 2 aliphatic rings. The Morgan fingerprint density at radius 3 is 2.86 bits per heavy atom. The number of amidine groups is 1. The molecule has 0 saturated carbocycles. The maximum Gasteiger partial charge on any atom is 0.176 e. The Kier molecular flexibility index (Phi) is 5.18. The standard InChI is InChI=1S/C18H20N6O5/c19-5-10-3-1-2-4-11(10)7-28-24-9-22-17-13(16(24)20)21-8-23(17)18-15(27)14(26)12(6-25)29-18/h1-4,8,12,14-15,18,20,22,25-27H,6-7,9H2/t12-,14-,15-,18-/m1/s1. The van der Waals surface area contributed by atoms with Gasteiger partial charge in [0.2, 0.25) is 0 Å². The monoisotopic (exact) mass is 400 g/mol. The van der Waals surface area contributed by atoms with Crippen molar-refractivity contribution in [3.05, 3.63) is 47.4 Å². The van der Waals surface area contributed by atoms with Gasteiger partial charge in [0.05, 0.1) is 24.6 Å². The third-order valence-corrected chi connectivity index (χ3v) is 4.96. The normalized spacial score (nSPS) is 26.1. The number of rotatable bonds is 5. The van der Waals surface area contributed by atoms with Gasteiger partial charge in [-0.1, -0.05) is 18.2 Å². The first kappa shape index (κ1) is 19.3. The zero-order valence-corrected chi connectivity index (χ0v) is 15.3. The van der Waals surface area contributed by atoms with Gasteiger partial charge in [-0.05, 0) is 11.6 Å². The van der Waals surface area contributed by atoms with Crippen LogP contribution in [0.4, 0.5) is 5.82 Å². The highest BCUT2D eigenvalue weighted by Gasteiger charge is 2.44. The van der Waals surface area contributed by atoms with E-state index in [1.54, 1.807) is 24.3 Å². The number of ether oxygens (including phenoxy) is 1. The van der Waals surface area contributed by atoms with Crippen LogP contribution >= 0.6 is 0 Å². The fourth-order valence-corrected chi connectivity index (χ4v) is 3.37. The highest BCUT2D eigenvalue weighted by atomic mass is 16.7. The molecular formula is C18H20N6O5. The van der Waals surface area contributed by atoms with Crippen LogP contribution in [-0.4, -0.2) is 67.4 Å². The number of aliphatic hydroxyl groups excluding tert-OH is 3. The first-order chi connectivity index (χ1) is 14.0. The van der Waals surface area contributed by atoms with Crippen molar-refractivity contribution in [3.63, 3.8) is 0 Å². The van der Waals surface area contributed by atoms with E-state index in [9.17, 15) is 15.3 Å². The Bertz CT molecular complexity index is 956. The van der Waals surface area contributed by atoms with Crippen molar-refractivity contribution in [2.75, 3.05) is 18.6 Å². The van der Waals surface area contributed by atoms with Crippen LogP contribution in [0.25, 0.3) is 0 Å². The number of imidazole rings is 1. The molecule has 1 saturated heterocycles. The number of nitrogens with one attached hydrogen (secondary N) is 2. The lowest BCUT2D eigenvalue weighted by atomic mass is 10.1. The second-order valence-electron chi connectivity index (χ2n) is 6.68. The van der Waals surface area contributed by atoms with Crippen molar-refractivity contribution >= 4 is 11.7 Å². The molecule has 0 spiro atoms. The van der Waals surface area contributed by atoms with Crippen LogP contribution in [-0.2, 0) is 16.2 Å². The van der Waals surface area contributed by atoms with Gasteiger partial charge in [0.25, 0.3) is 0 Å². The second-order valence-corrected chi connectivity index (χ2v) is 6.68. The first-order valence-electron chi connectivity index (χ1n) is 8.95. The third kappa shape index (κ3) is 3.33. The van der Waals surface area contributed by atoms with Gasteiger partial charge in [-0.15, -0.1) is 0 Å². The average molecular weight is 400 g/mol. The predicted molar refractivity (Wildman–Crippen MR) is 98.3 cm³/mol. The molecule has 5 N–H and O–H groups in total. The fraction of sp³-hybridized carbons (Fsp3) is 0.389. The molecule has 0 aliphatic carbocycles. The van der Waals surface area contributed by atoms with Gasteiger partial charge < -0.3 is 25.4 Å². The number of hydrogen-bond acceptors (Lipinski definition) is 9. The number of fused-ring (bicyclic) bond motifs is 1. The number of hydrogen-bond donors (Lipinski definition) is 5. The van der Waals surface area contributed by atoms with Gasteiger partial charge in [-0.25, -0.2) is 10.0 Å². The molecule has 0 bridgehead atoms. The van der Waals surface area contributed by atoms with E-state index in [1.165, 1.54) is 16.0 Å². The zero-order chi connectivity index (χ0) is 20.5. The van der Waals surface area contributed by atoms with Crippen LogP contribution in [0.2, 0.25) is 0 Å². The largest absolute Gasteiger partial charge is 0.394 e. The molecule has 0 radical (unpaired) electrons. The van der Waals surface area contributed by atoms with Crippen LogP contribution in [0, 0.1) is 16.7 Å². The van der Waals surface area contributed by atoms with Gasteiger partial charge >= 0.3 is 0 Å². The Morgan fingerprint density at radius 2 is 2.14 bits per heavy atom. The van der Waals surface area contributed by atoms with E-state index in [4.69, 9.17) is 20.2 Å². The summed E-state index contributed by atoms with van der Waals surface area (Å²) in [6, 6.07) is 9.15. The maximum absolute atomic E-state index is 10.2. The molecule has 1 aromatic carbocycles. The molecule has 1 fully saturated rings. The highest BCUT2D eigenvalue weighted by molar-refractivity contribution is 5.99. The number of anilines is 1. The van der Waals surface area contributed by atoms with Crippen molar-refractivity contribution < 1.29 is 24.9 Å². The van der Waals surface area contributed by atoms with Crippen molar-refractivity contribution in [1.29, 1.82) is 10.7 Å². The van der Waals surface area contributed by atoms with E-state index in [1.807, 2.05) is 0 Å². The van der Waals surface area contributed by atoms with Crippen molar-refractivity contribution in [3.8, 4) is 6.07 Å². The number of nitriles is 1. The lowest BCUT2D eigenvalue weighted by Crippen LogP contribution is -2.41. The van der Waals surface area contributed by atoms with Gasteiger partial charge in [-0.2, -0.15) is 5.26 Å². The van der Waals surface area contributed by atoms with E-state index in [0.29, 0.717) is 16.9 Å². The molecule has 11 heteroatoms. The summed E-state index contributed by atoms with van der Waals surface area (Å²) in [4.78, 5) is 9.88. The molecular weight excluding hydrogens is 380 g/mol. The minimum absolute atomic E-state index is 0.00122. The van der Waals surface area contributed by atoms with Crippen molar-refractivity contribution in [2.45, 2.75) is 31.1 Å². The van der Waals surface area contributed by atoms with Crippen LogP contribution in [0.1, 0.15) is 23.0 Å². The SMILES string of the molecule is N#Cc1ccccc1CON1CNc2c(ncn2[C@@H]2O[C@H](CO)[C@@H](O)[C@H]2O)C1=N. The Labute approximate surface area is 165 Å². The van der Waals surface area contributed by atoms with Crippen molar-refractivity contribution in [1.82, 2.24) is 14.6 Å². The van der Waals surface area contributed by atoms with Crippen LogP contribution in [0.5, 0.6) is 0 Å². The molecule has 0 amide bonds. The Hall–Kier alpha value is -3.01. The lowest BCUT2D eigenvalue weighted by Gasteiger charge is -2.30. The number of benzene rings is 1. The third-order valence-electron chi connectivity index (χ3n) is 4.96.